The van der Waals surface area contributed by atoms with Crippen molar-refractivity contribution in [3.05, 3.63) is 41.4 Å². The Morgan fingerprint density at radius 3 is 2.16 bits per heavy atom. The average molecular weight is 296 g/mol. The van der Waals surface area contributed by atoms with Crippen molar-refractivity contribution in [1.29, 1.82) is 0 Å². The Labute approximate surface area is 121 Å². The molecule has 0 unspecified atom stereocenters. The van der Waals surface area contributed by atoms with Gasteiger partial charge in [0.15, 0.2) is 11.5 Å². The van der Waals surface area contributed by atoms with E-state index in [0.717, 1.165) is 9.79 Å². The largest absolute Gasteiger partial charge is 0.493 e. The molecule has 0 aliphatic carbocycles. The third-order valence-corrected chi connectivity index (χ3v) is 3.89. The van der Waals surface area contributed by atoms with Gasteiger partial charge in [-0.15, -0.1) is 0 Å². The molecule has 0 saturated carbocycles. The number of anilines is 1. The molecule has 0 saturated heterocycles. The van der Waals surface area contributed by atoms with E-state index < -0.39 is 0 Å². The van der Waals surface area contributed by atoms with Gasteiger partial charge in [-0.2, -0.15) is 0 Å². The van der Waals surface area contributed by atoms with Gasteiger partial charge in [0.1, 0.15) is 0 Å². The molecular weight excluding hydrogens is 282 g/mol. The van der Waals surface area contributed by atoms with E-state index in [1.165, 1.54) is 0 Å². The Hall–Kier alpha value is -1.52. The van der Waals surface area contributed by atoms with Gasteiger partial charge in [0.25, 0.3) is 0 Å². The SMILES string of the molecule is COc1cc(N)c(Sc2ccc(Cl)cc2)cc1OC. The van der Waals surface area contributed by atoms with Gasteiger partial charge >= 0.3 is 0 Å². The zero-order chi connectivity index (χ0) is 13.8. The van der Waals surface area contributed by atoms with Gasteiger partial charge in [-0.05, 0) is 30.3 Å². The normalized spacial score (nSPS) is 10.3. The maximum Gasteiger partial charge on any atom is 0.162 e. The lowest BCUT2D eigenvalue weighted by Crippen LogP contribution is -1.95. The van der Waals surface area contributed by atoms with Gasteiger partial charge in [-0.3, -0.25) is 0 Å². The second-order valence-corrected chi connectivity index (χ2v) is 5.35. The van der Waals surface area contributed by atoms with Crippen LogP contribution in [0.15, 0.2) is 46.2 Å². The lowest BCUT2D eigenvalue weighted by molar-refractivity contribution is 0.354. The fraction of sp³-hybridized carbons (Fsp3) is 0.143. The van der Waals surface area contributed by atoms with Crippen molar-refractivity contribution in [2.45, 2.75) is 9.79 Å². The van der Waals surface area contributed by atoms with Crippen molar-refractivity contribution >= 4 is 29.1 Å². The van der Waals surface area contributed by atoms with Crippen molar-refractivity contribution in [2.75, 3.05) is 20.0 Å². The first-order valence-electron chi connectivity index (χ1n) is 5.59. The summed E-state index contributed by atoms with van der Waals surface area (Å²) >= 11 is 7.42. The second-order valence-electron chi connectivity index (χ2n) is 3.80. The molecule has 5 heteroatoms. The highest BCUT2D eigenvalue weighted by atomic mass is 35.5. The minimum Gasteiger partial charge on any atom is -0.493 e. The van der Waals surface area contributed by atoms with Crippen molar-refractivity contribution in [3.63, 3.8) is 0 Å². The first-order chi connectivity index (χ1) is 9.13. The fourth-order valence-corrected chi connectivity index (χ4v) is 2.59. The summed E-state index contributed by atoms with van der Waals surface area (Å²) < 4.78 is 10.5. The predicted molar refractivity (Wildman–Crippen MR) is 79.5 cm³/mol. The molecule has 0 aromatic heterocycles. The minimum absolute atomic E-state index is 0.625. The molecule has 0 fully saturated rings. The van der Waals surface area contributed by atoms with E-state index in [0.29, 0.717) is 22.2 Å². The summed E-state index contributed by atoms with van der Waals surface area (Å²) in [6.45, 7) is 0. The van der Waals surface area contributed by atoms with Gasteiger partial charge in [0.2, 0.25) is 0 Å². The quantitative estimate of drug-likeness (QED) is 0.863. The first kappa shape index (κ1) is 13.9. The van der Waals surface area contributed by atoms with E-state index >= 15 is 0 Å². The summed E-state index contributed by atoms with van der Waals surface area (Å²) in [5, 5.41) is 0.713. The number of methoxy groups -OCH3 is 2. The molecule has 2 rings (SSSR count). The zero-order valence-electron chi connectivity index (χ0n) is 10.6. The fourth-order valence-electron chi connectivity index (χ4n) is 1.59. The van der Waals surface area contributed by atoms with E-state index in [1.807, 2.05) is 30.3 Å². The molecule has 0 heterocycles. The maximum absolute atomic E-state index is 6.02. The molecule has 2 N–H and O–H groups in total. The molecule has 0 amide bonds. The Balaban J connectivity index is 2.32. The molecule has 0 bridgehead atoms. The van der Waals surface area contributed by atoms with E-state index in [-0.39, 0.29) is 0 Å². The summed E-state index contributed by atoms with van der Waals surface area (Å²) in [4.78, 5) is 1.98. The second kappa shape index (κ2) is 6.08. The van der Waals surface area contributed by atoms with E-state index in [1.54, 1.807) is 32.0 Å². The van der Waals surface area contributed by atoms with Crippen LogP contribution in [0.2, 0.25) is 5.02 Å². The van der Waals surface area contributed by atoms with Gasteiger partial charge < -0.3 is 15.2 Å². The standard InChI is InChI=1S/C14H14ClNO2S/c1-17-12-7-11(16)14(8-13(12)18-2)19-10-5-3-9(15)4-6-10/h3-8H,16H2,1-2H3. The molecule has 2 aromatic carbocycles. The molecule has 100 valence electrons. The van der Waals surface area contributed by atoms with Crippen LogP contribution in [0, 0.1) is 0 Å². The van der Waals surface area contributed by atoms with Gasteiger partial charge in [0.05, 0.1) is 14.2 Å². The zero-order valence-corrected chi connectivity index (χ0v) is 12.2. The Kier molecular flexibility index (Phi) is 4.45. The third-order valence-electron chi connectivity index (χ3n) is 2.56. The van der Waals surface area contributed by atoms with Crippen LogP contribution in [0.4, 0.5) is 5.69 Å². The highest BCUT2D eigenvalue weighted by molar-refractivity contribution is 7.99. The van der Waals surface area contributed by atoms with Crippen LogP contribution in [-0.4, -0.2) is 14.2 Å². The maximum atomic E-state index is 6.02. The molecule has 3 nitrogen and oxygen atoms in total. The summed E-state index contributed by atoms with van der Waals surface area (Å²) in [7, 11) is 3.19. The van der Waals surface area contributed by atoms with Crippen molar-refractivity contribution in [2.24, 2.45) is 0 Å². The number of nitrogens with two attached hydrogens (primary N) is 1. The van der Waals surface area contributed by atoms with Gasteiger partial charge in [-0.25, -0.2) is 0 Å². The van der Waals surface area contributed by atoms with Crippen LogP contribution < -0.4 is 15.2 Å². The van der Waals surface area contributed by atoms with Crippen LogP contribution >= 0.6 is 23.4 Å². The molecule has 0 radical (unpaired) electrons. The predicted octanol–water partition coefficient (Wildman–Crippen LogP) is 4.09. The van der Waals surface area contributed by atoms with Crippen LogP contribution in [0.5, 0.6) is 11.5 Å². The Morgan fingerprint density at radius 1 is 1.00 bits per heavy atom. The van der Waals surface area contributed by atoms with Crippen molar-refractivity contribution in [3.8, 4) is 11.5 Å². The lowest BCUT2D eigenvalue weighted by Gasteiger charge is -2.12. The van der Waals surface area contributed by atoms with Crippen LogP contribution in [0.25, 0.3) is 0 Å². The lowest BCUT2D eigenvalue weighted by atomic mass is 10.3. The topological polar surface area (TPSA) is 44.5 Å². The smallest absolute Gasteiger partial charge is 0.162 e. The van der Waals surface area contributed by atoms with Crippen LogP contribution in [0.3, 0.4) is 0 Å². The van der Waals surface area contributed by atoms with Crippen molar-refractivity contribution < 1.29 is 9.47 Å². The monoisotopic (exact) mass is 295 g/mol. The summed E-state index contributed by atoms with van der Waals surface area (Å²) in [6.07, 6.45) is 0. The third kappa shape index (κ3) is 3.28. The average Bonchev–Trinajstić information content (AvgIpc) is 2.43. The van der Waals surface area contributed by atoms with E-state index in [4.69, 9.17) is 26.8 Å². The van der Waals surface area contributed by atoms with Crippen LogP contribution in [-0.2, 0) is 0 Å². The highest BCUT2D eigenvalue weighted by Gasteiger charge is 2.10. The molecule has 0 atom stereocenters. The molecule has 0 aliphatic heterocycles. The number of hydrogen-bond acceptors (Lipinski definition) is 4. The number of ether oxygens (including phenoxy) is 2. The Bertz CT molecular complexity index is 572. The molecular formula is C14H14ClNO2S. The summed E-state index contributed by atoms with van der Waals surface area (Å²) in [5.41, 5.74) is 6.67. The molecule has 0 spiro atoms. The number of halogens is 1. The first-order valence-corrected chi connectivity index (χ1v) is 6.78. The Morgan fingerprint density at radius 2 is 1.58 bits per heavy atom. The minimum atomic E-state index is 0.625. The van der Waals surface area contributed by atoms with E-state index in [9.17, 15) is 0 Å². The number of hydrogen-bond donors (Lipinski definition) is 1. The summed E-state index contributed by atoms with van der Waals surface area (Å²) in [5.74, 6) is 1.29. The summed E-state index contributed by atoms with van der Waals surface area (Å²) in [6, 6.07) is 11.2. The highest BCUT2D eigenvalue weighted by Crippen LogP contribution is 2.39. The number of rotatable bonds is 4. The van der Waals surface area contributed by atoms with E-state index in [2.05, 4.69) is 0 Å². The number of nitrogen functional groups attached to an aromatic ring is 1. The molecule has 2 aromatic rings. The van der Waals surface area contributed by atoms with Gasteiger partial charge in [-0.1, -0.05) is 23.4 Å². The van der Waals surface area contributed by atoms with Crippen LogP contribution in [0.1, 0.15) is 0 Å². The molecule has 0 aliphatic rings. The van der Waals surface area contributed by atoms with Gasteiger partial charge in [0, 0.05) is 26.6 Å². The molecule has 19 heavy (non-hydrogen) atoms. The van der Waals surface area contributed by atoms with Crippen molar-refractivity contribution in [1.82, 2.24) is 0 Å². The number of benzene rings is 2.